The lowest BCUT2D eigenvalue weighted by atomic mass is 9.93. The van der Waals surface area contributed by atoms with Gasteiger partial charge in [-0.3, -0.25) is 19.2 Å². The molecular formula is C22H30F4N4O7S. The summed E-state index contributed by atoms with van der Waals surface area (Å²) in [6.07, 6.45) is 1.40. The Labute approximate surface area is 220 Å². The van der Waals surface area contributed by atoms with E-state index < -0.39 is 73.7 Å². The van der Waals surface area contributed by atoms with E-state index in [2.05, 4.69) is 30.4 Å². The van der Waals surface area contributed by atoms with E-state index in [1.165, 1.54) is 13.1 Å². The average Bonchev–Trinajstić information content (AvgIpc) is 3.43. The van der Waals surface area contributed by atoms with Crippen LogP contribution in [-0.2, 0) is 28.6 Å². The highest BCUT2D eigenvalue weighted by Gasteiger charge is 2.50. The van der Waals surface area contributed by atoms with Gasteiger partial charge in [0.25, 0.3) is 5.91 Å². The van der Waals surface area contributed by atoms with Crippen LogP contribution in [0.2, 0.25) is 0 Å². The molecule has 1 fully saturated rings. The van der Waals surface area contributed by atoms with E-state index in [1.54, 1.807) is 20.8 Å². The van der Waals surface area contributed by atoms with Crippen molar-refractivity contribution in [2.24, 2.45) is 5.92 Å². The minimum absolute atomic E-state index is 0.0570. The van der Waals surface area contributed by atoms with Gasteiger partial charge in [-0.1, -0.05) is 13.8 Å². The molecule has 1 aliphatic heterocycles. The molecule has 0 saturated carbocycles. The second-order valence-electron chi connectivity index (χ2n) is 9.09. The Hall–Kier alpha value is -2.69. The fourth-order valence-corrected chi connectivity index (χ4v) is 3.95. The lowest BCUT2D eigenvalue weighted by Crippen LogP contribution is -2.59. The first-order valence-electron chi connectivity index (χ1n) is 11.5. The number of ketones is 1. The van der Waals surface area contributed by atoms with Crippen LogP contribution in [0, 0.1) is 12.8 Å². The Morgan fingerprint density at radius 3 is 1.92 bits per heavy atom. The molecule has 1 aliphatic rings. The number of nitrogens with one attached hydrogen (secondary N) is 3. The van der Waals surface area contributed by atoms with Crippen LogP contribution in [0.5, 0.6) is 0 Å². The number of ether oxygens (including phenoxy) is 3. The van der Waals surface area contributed by atoms with Crippen molar-refractivity contribution in [3.63, 3.8) is 0 Å². The van der Waals surface area contributed by atoms with Gasteiger partial charge in [0, 0.05) is 0 Å². The van der Waals surface area contributed by atoms with Crippen molar-refractivity contribution in [2.75, 3.05) is 19.8 Å². The van der Waals surface area contributed by atoms with Gasteiger partial charge >= 0.3 is 13.2 Å². The number of hydrogen-bond acceptors (Lipinski definition) is 9. The number of carbonyl (C=O) groups excluding carboxylic acids is 4. The summed E-state index contributed by atoms with van der Waals surface area (Å²) < 4.78 is 64.3. The number of nitrogens with zero attached hydrogens (tertiary/aromatic N) is 1. The van der Waals surface area contributed by atoms with Crippen molar-refractivity contribution < 1.29 is 51.0 Å². The number of Topliss-reactive ketones (excluding diaryl/α,β-unsaturated/α-hetero) is 1. The zero-order valence-corrected chi connectivity index (χ0v) is 21.9. The Morgan fingerprint density at radius 2 is 1.50 bits per heavy atom. The van der Waals surface area contributed by atoms with E-state index in [1.807, 2.05) is 0 Å². The third kappa shape index (κ3) is 9.89. The van der Waals surface area contributed by atoms with Gasteiger partial charge in [-0.2, -0.15) is 17.6 Å². The van der Waals surface area contributed by atoms with E-state index in [4.69, 9.17) is 4.74 Å². The van der Waals surface area contributed by atoms with Crippen molar-refractivity contribution in [3.05, 3.63) is 16.1 Å². The first-order chi connectivity index (χ1) is 17.7. The molecular weight excluding hydrogens is 540 g/mol. The smallest absolute Gasteiger partial charge is 0.345 e. The van der Waals surface area contributed by atoms with Gasteiger partial charge in [0.05, 0.1) is 37.1 Å². The third-order valence-electron chi connectivity index (χ3n) is 5.32. The quantitative estimate of drug-likeness (QED) is 0.200. The van der Waals surface area contributed by atoms with Gasteiger partial charge in [0.2, 0.25) is 11.8 Å². The monoisotopic (exact) mass is 570 g/mol. The number of rotatable bonds is 16. The highest BCUT2D eigenvalue weighted by atomic mass is 32.1. The van der Waals surface area contributed by atoms with Crippen molar-refractivity contribution in [1.29, 1.82) is 0 Å². The molecule has 4 atom stereocenters. The first kappa shape index (κ1) is 31.5. The highest BCUT2D eigenvalue weighted by Crippen LogP contribution is 2.29. The first-order valence-corrected chi connectivity index (χ1v) is 12.3. The van der Waals surface area contributed by atoms with Crippen LogP contribution in [0.3, 0.4) is 0 Å². The van der Waals surface area contributed by atoms with Crippen LogP contribution in [0.25, 0.3) is 0 Å². The molecule has 16 heteroatoms. The Balaban J connectivity index is 2.19. The molecule has 0 aliphatic carbocycles. The molecule has 3 amide bonds. The number of amides is 3. The molecule has 214 valence electrons. The largest absolute Gasteiger partial charge is 0.361 e. The lowest BCUT2D eigenvalue weighted by Gasteiger charge is -2.26. The number of halogens is 4. The molecule has 11 nitrogen and oxygen atoms in total. The van der Waals surface area contributed by atoms with E-state index in [-0.39, 0.29) is 23.8 Å². The summed E-state index contributed by atoms with van der Waals surface area (Å²) in [5, 5.41) is 7.25. The maximum absolute atomic E-state index is 13.0. The molecule has 0 aromatic carbocycles. The Kier molecular flexibility index (Phi) is 11.5. The van der Waals surface area contributed by atoms with E-state index in [0.29, 0.717) is 5.01 Å². The topological polar surface area (TPSA) is 148 Å². The minimum atomic E-state index is -3.30. The van der Waals surface area contributed by atoms with Gasteiger partial charge in [0.1, 0.15) is 22.6 Å². The molecule has 2 rings (SSSR count). The molecule has 2 heterocycles. The second kappa shape index (κ2) is 13.9. The summed E-state index contributed by atoms with van der Waals surface area (Å²) in [7, 11) is 0. The van der Waals surface area contributed by atoms with E-state index in [0.717, 1.165) is 11.3 Å². The average molecular weight is 571 g/mol. The van der Waals surface area contributed by atoms with E-state index >= 15 is 0 Å². The number of aryl methyl sites for hydroxylation is 1. The maximum atomic E-state index is 13.0. The molecule has 0 bridgehead atoms. The number of hydrogen-bond donors (Lipinski definition) is 3. The standard InChI is InChI=1S/C22H30F4N4O7S/c1-10(2)5-12(16(31)22(4)9-37-22)28-17(32)13(7-35-20(23)24)29-18(33)14(8-36-21(25)26)30-19(34)15-6-27-11(3)38-15/h6,10,12-14,20-21H,5,7-9H2,1-4H3,(H,28,32)(H,29,33)(H,30,34)/t12-,13-,14-,22+/m0/s1. The molecule has 1 aromatic rings. The lowest BCUT2D eigenvalue weighted by molar-refractivity contribution is -0.152. The highest BCUT2D eigenvalue weighted by molar-refractivity contribution is 7.13. The molecule has 38 heavy (non-hydrogen) atoms. The number of aromatic nitrogens is 1. The molecule has 1 aromatic heterocycles. The molecule has 0 unspecified atom stereocenters. The number of thiazole rings is 1. The van der Waals surface area contributed by atoms with Crippen LogP contribution in [0.1, 0.15) is 41.9 Å². The van der Waals surface area contributed by atoms with Crippen LogP contribution in [0.4, 0.5) is 17.6 Å². The second-order valence-corrected chi connectivity index (χ2v) is 10.3. The van der Waals surface area contributed by atoms with Crippen LogP contribution in [0.15, 0.2) is 6.20 Å². The van der Waals surface area contributed by atoms with Crippen molar-refractivity contribution in [3.8, 4) is 0 Å². The van der Waals surface area contributed by atoms with Gasteiger partial charge in [-0.25, -0.2) is 4.98 Å². The zero-order chi connectivity index (χ0) is 28.6. The van der Waals surface area contributed by atoms with Crippen molar-refractivity contribution in [1.82, 2.24) is 20.9 Å². The van der Waals surface area contributed by atoms with Crippen LogP contribution < -0.4 is 16.0 Å². The molecule has 0 radical (unpaired) electrons. The van der Waals surface area contributed by atoms with Crippen LogP contribution in [-0.4, -0.2) is 85.3 Å². The predicted octanol–water partition coefficient (Wildman–Crippen LogP) is 1.40. The zero-order valence-electron chi connectivity index (χ0n) is 21.1. The van der Waals surface area contributed by atoms with Gasteiger partial charge in [-0.05, 0) is 26.2 Å². The third-order valence-corrected chi connectivity index (χ3v) is 6.23. The summed E-state index contributed by atoms with van der Waals surface area (Å²) in [5.74, 6) is -3.56. The minimum Gasteiger partial charge on any atom is -0.361 e. The van der Waals surface area contributed by atoms with Gasteiger partial charge < -0.3 is 30.2 Å². The summed E-state index contributed by atoms with van der Waals surface area (Å²) in [6, 6.07) is -4.58. The summed E-state index contributed by atoms with van der Waals surface area (Å²) in [6.45, 7) is -1.72. The summed E-state index contributed by atoms with van der Waals surface area (Å²) in [4.78, 5) is 55.1. The Morgan fingerprint density at radius 1 is 1.00 bits per heavy atom. The summed E-state index contributed by atoms with van der Waals surface area (Å²) in [5.41, 5.74) is -1.10. The van der Waals surface area contributed by atoms with Crippen molar-refractivity contribution >= 4 is 34.8 Å². The van der Waals surface area contributed by atoms with Crippen molar-refractivity contribution in [2.45, 2.75) is 71.1 Å². The van der Waals surface area contributed by atoms with E-state index in [9.17, 15) is 36.7 Å². The maximum Gasteiger partial charge on any atom is 0.345 e. The molecule has 3 N–H and O–H groups in total. The fourth-order valence-electron chi connectivity index (χ4n) is 3.27. The van der Waals surface area contributed by atoms with Crippen LogP contribution >= 0.6 is 11.3 Å². The molecule has 1 saturated heterocycles. The Bertz CT molecular complexity index is 991. The predicted molar refractivity (Wildman–Crippen MR) is 125 cm³/mol. The number of epoxide rings is 1. The SMILES string of the molecule is Cc1ncc(C(=O)N[C@@H](COC(F)F)C(=O)N[C@@H](COC(F)F)C(=O)N[C@@H](CC(C)C)C(=O)[C@@]2(C)CO2)s1. The summed E-state index contributed by atoms with van der Waals surface area (Å²) >= 11 is 0.972. The molecule has 0 spiro atoms. The fraction of sp³-hybridized carbons (Fsp3) is 0.682. The normalized spacial score (nSPS) is 19.2. The number of alkyl halides is 4. The van der Waals surface area contributed by atoms with Gasteiger partial charge in [0.15, 0.2) is 5.78 Å². The van der Waals surface area contributed by atoms with Gasteiger partial charge in [-0.15, -0.1) is 11.3 Å². The number of carbonyl (C=O) groups is 4.